The molecule has 1 N–H and O–H groups in total. The molecule has 1 saturated carbocycles. The summed E-state index contributed by atoms with van der Waals surface area (Å²) in [4.78, 5) is 26.4. The van der Waals surface area contributed by atoms with Crippen molar-refractivity contribution in [3.8, 4) is 11.8 Å². The number of carbonyl (C=O) groups is 2. The molecule has 2 fully saturated rings. The first-order chi connectivity index (χ1) is 16.6. The molecule has 0 unspecified atom stereocenters. The van der Waals surface area contributed by atoms with Crippen molar-refractivity contribution in [3.05, 3.63) is 59.2 Å². The first kappa shape index (κ1) is 24.8. The predicted octanol–water partition coefficient (Wildman–Crippen LogP) is 4.89. The molecular formula is C29H35N3O3. The highest BCUT2D eigenvalue weighted by Crippen LogP contribution is 2.55. The number of aryl methyl sites for hydroxylation is 1. The molecule has 1 aliphatic heterocycles. The molecule has 1 saturated heterocycles. The molecule has 0 radical (unpaired) electrons. The molecule has 4 rings (SSSR count). The van der Waals surface area contributed by atoms with Gasteiger partial charge in [0.15, 0.2) is 0 Å². The molecule has 0 bridgehead atoms. The smallest absolute Gasteiger partial charge is 0.251 e. The second-order valence-electron chi connectivity index (χ2n) is 11.1. The molecule has 0 atom stereocenters. The van der Waals surface area contributed by atoms with Crippen LogP contribution in [0.3, 0.4) is 0 Å². The minimum absolute atomic E-state index is 0.0611. The lowest BCUT2D eigenvalue weighted by Gasteiger charge is -2.63. The van der Waals surface area contributed by atoms with Gasteiger partial charge in [0.1, 0.15) is 18.1 Å². The highest BCUT2D eigenvalue weighted by Gasteiger charge is 2.64. The van der Waals surface area contributed by atoms with E-state index in [1.165, 1.54) is 0 Å². The van der Waals surface area contributed by atoms with Gasteiger partial charge in [-0.2, -0.15) is 5.26 Å². The normalized spacial score (nSPS) is 23.0. The third kappa shape index (κ3) is 4.65. The minimum Gasteiger partial charge on any atom is -0.489 e. The van der Waals surface area contributed by atoms with Crippen molar-refractivity contribution in [2.45, 2.75) is 59.6 Å². The van der Waals surface area contributed by atoms with Gasteiger partial charge >= 0.3 is 0 Å². The van der Waals surface area contributed by atoms with Crippen LogP contribution in [0.2, 0.25) is 0 Å². The maximum absolute atomic E-state index is 13.1. The molecule has 0 spiro atoms. The van der Waals surface area contributed by atoms with E-state index in [0.717, 1.165) is 49.2 Å². The Morgan fingerprint density at radius 1 is 1.09 bits per heavy atom. The van der Waals surface area contributed by atoms with Crippen LogP contribution in [0.1, 0.15) is 62.0 Å². The monoisotopic (exact) mass is 473 g/mol. The van der Waals surface area contributed by atoms with Gasteiger partial charge < -0.3 is 19.7 Å². The first-order valence-electron chi connectivity index (χ1n) is 12.4. The van der Waals surface area contributed by atoms with Gasteiger partial charge in [-0.05, 0) is 67.8 Å². The van der Waals surface area contributed by atoms with Crippen LogP contribution in [-0.2, 0) is 4.79 Å². The van der Waals surface area contributed by atoms with E-state index >= 15 is 0 Å². The standard InChI is InChI=1S/C29H35N3O3/c1-19-16-24(11-8-22(19)17-30)35-27-28(2,3)26(29(27,4)5)31-25(34)21-6-9-23(10-7-21)32-14-12-20(18-33)13-15-32/h6-11,16,18,20,26-27H,12-15H2,1-5H3,(H,31,34). The minimum atomic E-state index is -0.274. The molecule has 0 aromatic heterocycles. The zero-order valence-corrected chi connectivity index (χ0v) is 21.3. The third-order valence-electron chi connectivity index (χ3n) is 7.91. The maximum Gasteiger partial charge on any atom is 0.251 e. The molecule has 6 nitrogen and oxygen atoms in total. The summed E-state index contributed by atoms with van der Waals surface area (Å²) in [5.41, 5.74) is 2.71. The number of nitrogens with zero attached hydrogens (tertiary/aromatic N) is 2. The number of amides is 1. The average molecular weight is 474 g/mol. The third-order valence-corrected chi connectivity index (χ3v) is 7.91. The number of aldehydes is 1. The predicted molar refractivity (Wildman–Crippen MR) is 137 cm³/mol. The van der Waals surface area contributed by atoms with E-state index in [2.05, 4.69) is 44.0 Å². The number of nitrogens with one attached hydrogen (secondary N) is 1. The summed E-state index contributed by atoms with van der Waals surface area (Å²) in [7, 11) is 0. The van der Waals surface area contributed by atoms with Gasteiger partial charge in [0.25, 0.3) is 5.91 Å². The molecule has 35 heavy (non-hydrogen) atoms. The Bertz CT molecular complexity index is 1120. The summed E-state index contributed by atoms with van der Waals surface area (Å²) in [6.45, 7) is 12.1. The number of nitriles is 1. The largest absolute Gasteiger partial charge is 0.489 e. The average Bonchev–Trinajstić information content (AvgIpc) is 2.85. The number of rotatable bonds is 6. The van der Waals surface area contributed by atoms with E-state index in [-0.39, 0.29) is 34.8 Å². The summed E-state index contributed by atoms with van der Waals surface area (Å²) < 4.78 is 6.39. The summed E-state index contributed by atoms with van der Waals surface area (Å²) in [6, 6.07) is 15.4. The van der Waals surface area contributed by atoms with E-state index in [4.69, 9.17) is 4.74 Å². The molecule has 184 valence electrons. The molecule has 2 aliphatic rings. The fourth-order valence-corrected chi connectivity index (χ4v) is 6.10. The Balaban J connectivity index is 1.41. The van der Waals surface area contributed by atoms with Gasteiger partial charge in [-0.15, -0.1) is 0 Å². The van der Waals surface area contributed by atoms with Crippen LogP contribution < -0.4 is 15.0 Å². The Morgan fingerprint density at radius 3 is 2.26 bits per heavy atom. The van der Waals surface area contributed by atoms with Crippen molar-refractivity contribution in [1.82, 2.24) is 5.32 Å². The van der Waals surface area contributed by atoms with E-state index < -0.39 is 0 Å². The number of ether oxygens (including phenoxy) is 1. The van der Waals surface area contributed by atoms with Gasteiger partial charge in [-0.1, -0.05) is 27.7 Å². The summed E-state index contributed by atoms with van der Waals surface area (Å²) >= 11 is 0. The molecular weight excluding hydrogens is 438 g/mol. The fraction of sp³-hybridized carbons (Fsp3) is 0.483. The van der Waals surface area contributed by atoms with Crippen LogP contribution in [0.4, 0.5) is 5.69 Å². The van der Waals surface area contributed by atoms with Crippen LogP contribution in [0.15, 0.2) is 42.5 Å². The summed E-state index contributed by atoms with van der Waals surface area (Å²) in [5, 5.41) is 12.4. The van der Waals surface area contributed by atoms with E-state index in [1.54, 1.807) is 6.07 Å². The van der Waals surface area contributed by atoms with Crippen molar-refractivity contribution < 1.29 is 14.3 Å². The lowest BCUT2D eigenvalue weighted by molar-refractivity contribution is -0.164. The number of anilines is 1. The summed E-state index contributed by atoms with van der Waals surface area (Å²) in [6.07, 6.45) is 2.73. The number of benzene rings is 2. The van der Waals surface area contributed by atoms with Crippen LogP contribution >= 0.6 is 0 Å². The van der Waals surface area contributed by atoms with E-state index in [0.29, 0.717) is 11.1 Å². The fourth-order valence-electron chi connectivity index (χ4n) is 6.10. The van der Waals surface area contributed by atoms with Crippen molar-refractivity contribution in [1.29, 1.82) is 5.26 Å². The Hall–Kier alpha value is -3.33. The topological polar surface area (TPSA) is 82.4 Å². The zero-order valence-electron chi connectivity index (χ0n) is 21.3. The van der Waals surface area contributed by atoms with Gasteiger partial charge in [-0.3, -0.25) is 4.79 Å². The van der Waals surface area contributed by atoms with Crippen molar-refractivity contribution >= 4 is 17.9 Å². The number of piperidine rings is 1. The lowest BCUT2D eigenvalue weighted by Crippen LogP contribution is -2.74. The molecule has 1 amide bonds. The Morgan fingerprint density at radius 2 is 1.71 bits per heavy atom. The summed E-state index contributed by atoms with van der Waals surface area (Å²) in [5.74, 6) is 0.819. The van der Waals surface area contributed by atoms with Gasteiger partial charge in [0.2, 0.25) is 0 Å². The van der Waals surface area contributed by atoms with Gasteiger partial charge in [0.05, 0.1) is 11.6 Å². The quantitative estimate of drug-likeness (QED) is 0.604. The molecule has 2 aromatic rings. The lowest BCUT2D eigenvalue weighted by atomic mass is 9.49. The molecule has 1 heterocycles. The van der Waals surface area contributed by atoms with Gasteiger partial charge in [0, 0.05) is 47.1 Å². The van der Waals surface area contributed by atoms with Crippen LogP contribution in [0.25, 0.3) is 0 Å². The number of carbonyl (C=O) groups excluding carboxylic acids is 2. The second-order valence-corrected chi connectivity index (χ2v) is 11.1. The number of hydrogen-bond donors (Lipinski definition) is 1. The first-order valence-corrected chi connectivity index (χ1v) is 12.4. The van der Waals surface area contributed by atoms with Crippen LogP contribution in [0, 0.1) is 35.0 Å². The van der Waals surface area contributed by atoms with Gasteiger partial charge in [-0.25, -0.2) is 0 Å². The highest BCUT2D eigenvalue weighted by molar-refractivity contribution is 5.95. The van der Waals surface area contributed by atoms with Crippen molar-refractivity contribution in [2.75, 3.05) is 18.0 Å². The zero-order chi connectivity index (χ0) is 25.4. The van der Waals surface area contributed by atoms with Crippen molar-refractivity contribution in [3.63, 3.8) is 0 Å². The SMILES string of the molecule is Cc1cc(OC2C(C)(C)C(NC(=O)c3ccc(N4CCC(C=O)CC4)cc3)C2(C)C)ccc1C#N. The Kier molecular flexibility index (Phi) is 6.64. The molecule has 2 aromatic carbocycles. The van der Waals surface area contributed by atoms with E-state index in [9.17, 15) is 14.9 Å². The van der Waals surface area contributed by atoms with E-state index in [1.807, 2.05) is 43.3 Å². The molecule has 1 aliphatic carbocycles. The molecule has 6 heteroatoms. The Labute approximate surface area is 208 Å². The maximum atomic E-state index is 13.1. The van der Waals surface area contributed by atoms with Crippen LogP contribution in [0.5, 0.6) is 5.75 Å². The second kappa shape index (κ2) is 9.37. The number of hydrogen-bond acceptors (Lipinski definition) is 5. The highest BCUT2D eigenvalue weighted by atomic mass is 16.5. The van der Waals surface area contributed by atoms with Crippen molar-refractivity contribution in [2.24, 2.45) is 16.7 Å². The van der Waals surface area contributed by atoms with Crippen LogP contribution in [-0.4, -0.2) is 37.4 Å².